The Hall–Kier alpha value is -1.96. The summed E-state index contributed by atoms with van der Waals surface area (Å²) < 4.78 is 5.12. The predicted molar refractivity (Wildman–Crippen MR) is 116 cm³/mol. The van der Waals surface area contributed by atoms with Crippen LogP contribution in [0, 0.1) is 0 Å². The van der Waals surface area contributed by atoms with E-state index in [1.54, 1.807) is 6.08 Å². The van der Waals surface area contributed by atoms with E-state index in [1.807, 2.05) is 31.2 Å². The van der Waals surface area contributed by atoms with Crippen molar-refractivity contribution in [2.75, 3.05) is 6.61 Å². The number of hydrogen-bond donors (Lipinski definition) is 0. The maximum atomic E-state index is 12.0. The zero-order valence-corrected chi connectivity index (χ0v) is 17.2. The molecule has 4 heteroatoms. The summed E-state index contributed by atoms with van der Waals surface area (Å²) in [5.41, 5.74) is 1.15. The van der Waals surface area contributed by atoms with Gasteiger partial charge in [0.2, 0.25) is 0 Å². The van der Waals surface area contributed by atoms with Crippen LogP contribution in [-0.2, 0) is 9.53 Å². The van der Waals surface area contributed by atoms with Crippen LogP contribution in [0.5, 0.6) is 0 Å². The van der Waals surface area contributed by atoms with Gasteiger partial charge in [-0.2, -0.15) is 0 Å². The van der Waals surface area contributed by atoms with Crippen LogP contribution in [0.2, 0.25) is 0 Å². The molecule has 0 aliphatic heterocycles. The van der Waals surface area contributed by atoms with E-state index in [9.17, 15) is 4.79 Å². The molecule has 26 heavy (non-hydrogen) atoms. The quantitative estimate of drug-likeness (QED) is 0.392. The zero-order chi connectivity index (χ0) is 17.5. The predicted octanol–water partition coefficient (Wildman–Crippen LogP) is 4.68. The Labute approximate surface area is 166 Å². The van der Waals surface area contributed by atoms with Gasteiger partial charge in [-0.25, -0.2) is 4.79 Å². The van der Waals surface area contributed by atoms with Gasteiger partial charge in [0.1, 0.15) is 0 Å². The van der Waals surface area contributed by atoms with E-state index >= 15 is 0 Å². The molecule has 1 aliphatic rings. The summed E-state index contributed by atoms with van der Waals surface area (Å²) >= 11 is 0. The number of halogens is 1. The normalized spacial score (nSPS) is 17.2. The SMILES string of the molecule is Br.CCOC(=O)C=C1C=CC=CC1P(c1ccccc1)c1ccccc1. The molecular formula is C22H22BrO2P. The molecule has 0 radical (unpaired) electrons. The molecule has 0 aromatic heterocycles. The number of hydrogen-bond acceptors (Lipinski definition) is 2. The maximum Gasteiger partial charge on any atom is 0.331 e. The Balaban J connectivity index is 0.00000243. The van der Waals surface area contributed by atoms with Crippen molar-refractivity contribution >= 4 is 41.5 Å². The van der Waals surface area contributed by atoms with Gasteiger partial charge in [0.15, 0.2) is 0 Å². The van der Waals surface area contributed by atoms with Crippen molar-refractivity contribution in [3.8, 4) is 0 Å². The monoisotopic (exact) mass is 428 g/mol. The highest BCUT2D eigenvalue weighted by Gasteiger charge is 2.26. The van der Waals surface area contributed by atoms with Crippen LogP contribution >= 0.6 is 24.9 Å². The van der Waals surface area contributed by atoms with Gasteiger partial charge in [-0.1, -0.05) is 85.0 Å². The Morgan fingerprint density at radius 3 is 2.12 bits per heavy atom. The molecule has 2 aromatic rings. The van der Waals surface area contributed by atoms with E-state index in [0.29, 0.717) is 6.61 Å². The van der Waals surface area contributed by atoms with Crippen LogP contribution in [0.1, 0.15) is 6.92 Å². The topological polar surface area (TPSA) is 26.3 Å². The fourth-order valence-electron chi connectivity index (χ4n) is 2.88. The van der Waals surface area contributed by atoms with Crippen LogP contribution < -0.4 is 10.6 Å². The lowest BCUT2D eigenvalue weighted by Gasteiger charge is -2.28. The van der Waals surface area contributed by atoms with Gasteiger partial charge >= 0.3 is 5.97 Å². The van der Waals surface area contributed by atoms with Gasteiger partial charge in [0, 0.05) is 11.7 Å². The molecule has 1 aliphatic carbocycles. The number of benzene rings is 2. The molecule has 0 fully saturated rings. The van der Waals surface area contributed by atoms with Crippen molar-refractivity contribution in [3.63, 3.8) is 0 Å². The minimum absolute atomic E-state index is 0. The number of carbonyl (C=O) groups excluding carboxylic acids is 1. The summed E-state index contributed by atoms with van der Waals surface area (Å²) in [6.45, 7) is 2.21. The molecule has 0 spiro atoms. The summed E-state index contributed by atoms with van der Waals surface area (Å²) in [7, 11) is -0.662. The Bertz CT molecular complexity index is 758. The van der Waals surface area contributed by atoms with Crippen LogP contribution in [0.25, 0.3) is 0 Å². The van der Waals surface area contributed by atoms with Gasteiger partial charge in [0.25, 0.3) is 0 Å². The lowest BCUT2D eigenvalue weighted by Crippen LogP contribution is -2.23. The van der Waals surface area contributed by atoms with E-state index < -0.39 is 7.92 Å². The molecule has 0 N–H and O–H groups in total. The highest BCUT2D eigenvalue weighted by molar-refractivity contribution is 8.93. The second kappa shape index (κ2) is 10.3. The van der Waals surface area contributed by atoms with E-state index in [2.05, 4.69) is 60.7 Å². The Morgan fingerprint density at radius 1 is 1.00 bits per heavy atom. The van der Waals surface area contributed by atoms with Crippen LogP contribution in [0.3, 0.4) is 0 Å². The molecule has 0 amide bonds. The van der Waals surface area contributed by atoms with Gasteiger partial charge in [-0.3, -0.25) is 0 Å². The largest absolute Gasteiger partial charge is 0.463 e. The number of allylic oxidation sites excluding steroid dienone is 5. The standard InChI is InChI=1S/C22H21O2P.BrH/c1-2-24-22(23)17-18-11-9-10-16-21(18)25(19-12-5-3-6-13-19)20-14-7-4-8-15-20;/h3-17,21H,2H2,1H3;1H. The minimum atomic E-state index is -0.662. The lowest BCUT2D eigenvalue weighted by atomic mass is 10.1. The molecular weight excluding hydrogens is 407 g/mol. The third-order valence-electron chi connectivity index (χ3n) is 3.95. The van der Waals surface area contributed by atoms with Crippen molar-refractivity contribution in [2.24, 2.45) is 0 Å². The Morgan fingerprint density at radius 2 is 1.58 bits per heavy atom. The zero-order valence-electron chi connectivity index (χ0n) is 14.6. The first-order valence-electron chi connectivity index (χ1n) is 8.42. The number of rotatable bonds is 5. The molecule has 134 valence electrons. The van der Waals surface area contributed by atoms with Crippen molar-refractivity contribution in [2.45, 2.75) is 12.6 Å². The van der Waals surface area contributed by atoms with E-state index in [-0.39, 0.29) is 28.6 Å². The smallest absolute Gasteiger partial charge is 0.331 e. The minimum Gasteiger partial charge on any atom is -0.463 e. The maximum absolute atomic E-state index is 12.0. The first-order valence-corrected chi connectivity index (χ1v) is 9.83. The first-order chi connectivity index (χ1) is 12.3. The van der Waals surface area contributed by atoms with Crippen molar-refractivity contribution in [1.29, 1.82) is 0 Å². The summed E-state index contributed by atoms with van der Waals surface area (Å²) in [5.74, 6) is -0.279. The van der Waals surface area contributed by atoms with E-state index in [4.69, 9.17) is 4.74 Å². The third kappa shape index (κ3) is 5.03. The molecule has 0 heterocycles. The molecule has 0 saturated heterocycles. The molecule has 1 atom stereocenters. The summed E-state index contributed by atoms with van der Waals surface area (Å²) in [6.07, 6.45) is 9.88. The highest BCUT2D eigenvalue weighted by atomic mass is 79.9. The van der Waals surface area contributed by atoms with E-state index in [0.717, 1.165) is 5.57 Å². The van der Waals surface area contributed by atoms with E-state index in [1.165, 1.54) is 10.6 Å². The fraction of sp³-hybridized carbons (Fsp3) is 0.136. The molecule has 2 nitrogen and oxygen atoms in total. The summed E-state index contributed by atoms with van der Waals surface area (Å²) in [6, 6.07) is 21.1. The lowest BCUT2D eigenvalue weighted by molar-refractivity contribution is -0.137. The van der Waals surface area contributed by atoms with Crippen LogP contribution in [0.4, 0.5) is 0 Å². The van der Waals surface area contributed by atoms with Crippen molar-refractivity contribution in [3.05, 3.63) is 96.6 Å². The average Bonchev–Trinajstić information content (AvgIpc) is 2.65. The van der Waals surface area contributed by atoms with Crippen molar-refractivity contribution in [1.82, 2.24) is 0 Å². The van der Waals surface area contributed by atoms with Gasteiger partial charge in [-0.15, -0.1) is 17.0 Å². The first kappa shape index (κ1) is 20.4. The number of ether oxygens (including phenoxy) is 1. The van der Waals surface area contributed by atoms with Crippen LogP contribution in [-0.4, -0.2) is 18.2 Å². The second-order valence-electron chi connectivity index (χ2n) is 5.63. The summed E-state index contributed by atoms with van der Waals surface area (Å²) in [4.78, 5) is 12.0. The highest BCUT2D eigenvalue weighted by Crippen LogP contribution is 2.45. The van der Waals surface area contributed by atoms with Crippen LogP contribution in [0.15, 0.2) is 96.6 Å². The summed E-state index contributed by atoms with van der Waals surface area (Å²) in [5, 5.41) is 2.59. The van der Waals surface area contributed by atoms with Gasteiger partial charge in [-0.05, 0) is 31.0 Å². The fourth-order valence-corrected chi connectivity index (χ4v) is 5.54. The number of esters is 1. The molecule has 2 aromatic carbocycles. The van der Waals surface area contributed by atoms with Gasteiger partial charge in [0.05, 0.1) is 6.61 Å². The molecule has 1 unspecified atom stereocenters. The third-order valence-corrected chi connectivity index (χ3v) is 6.69. The second-order valence-corrected chi connectivity index (χ2v) is 7.96. The average molecular weight is 429 g/mol. The van der Waals surface area contributed by atoms with Gasteiger partial charge < -0.3 is 4.74 Å². The molecule has 3 rings (SSSR count). The molecule has 0 saturated carbocycles. The molecule has 0 bridgehead atoms. The Kier molecular flexibility index (Phi) is 8.03. The number of carbonyl (C=O) groups is 1. The van der Waals surface area contributed by atoms with Crippen molar-refractivity contribution < 1.29 is 9.53 Å².